The van der Waals surface area contributed by atoms with Crippen molar-refractivity contribution in [1.82, 2.24) is 24.6 Å². The Labute approximate surface area is 157 Å². The molecule has 4 rings (SSSR count). The third kappa shape index (κ3) is 3.95. The Hall–Kier alpha value is -3.28. The number of rotatable bonds is 3. The molecule has 1 saturated carbocycles. The maximum absolute atomic E-state index is 9.32. The van der Waals surface area contributed by atoms with Crippen LogP contribution in [0.4, 0.5) is 11.8 Å². The van der Waals surface area contributed by atoms with Gasteiger partial charge in [0, 0.05) is 24.5 Å². The Morgan fingerprint density at radius 2 is 2.19 bits per heavy atom. The maximum Gasteiger partial charge on any atom is 0.269 e. The maximum atomic E-state index is 9.32. The van der Waals surface area contributed by atoms with Crippen LogP contribution in [-0.4, -0.2) is 55.6 Å². The van der Waals surface area contributed by atoms with Gasteiger partial charge >= 0.3 is 0 Å². The van der Waals surface area contributed by atoms with Crippen LogP contribution in [0.5, 0.6) is 0 Å². The Balaban J connectivity index is 1.72. The first kappa shape index (κ1) is 17.1. The van der Waals surface area contributed by atoms with E-state index in [9.17, 15) is 5.26 Å². The van der Waals surface area contributed by atoms with Crippen molar-refractivity contribution in [1.29, 1.82) is 5.26 Å². The minimum Gasteiger partial charge on any atom is -0.364 e. The molecule has 9 heteroatoms. The zero-order chi connectivity index (χ0) is 18.8. The second-order valence-corrected chi connectivity index (χ2v) is 6.85. The van der Waals surface area contributed by atoms with Crippen molar-refractivity contribution >= 4 is 28.8 Å². The van der Waals surface area contributed by atoms with Gasteiger partial charge in [0.15, 0.2) is 17.2 Å². The number of nitrogens with one attached hydrogen (secondary N) is 1. The molecule has 0 amide bonds. The van der Waals surface area contributed by atoms with Crippen molar-refractivity contribution in [2.45, 2.75) is 38.6 Å². The Bertz CT molecular complexity index is 988. The number of hydrogen-bond donors (Lipinski definition) is 1. The molecule has 0 aromatic carbocycles. The summed E-state index contributed by atoms with van der Waals surface area (Å²) >= 11 is 0. The first-order chi connectivity index (χ1) is 13.1. The van der Waals surface area contributed by atoms with Crippen LogP contribution < -0.4 is 5.32 Å². The number of aliphatic imine (C=N–C) groups is 1. The van der Waals surface area contributed by atoms with Crippen molar-refractivity contribution in [2.24, 2.45) is 10.1 Å². The fourth-order valence-corrected chi connectivity index (χ4v) is 2.85. The summed E-state index contributed by atoms with van der Waals surface area (Å²) in [7, 11) is 1.95. The lowest BCUT2D eigenvalue weighted by Crippen LogP contribution is -2.12. The summed E-state index contributed by atoms with van der Waals surface area (Å²) < 4.78 is 1.51. The average molecular weight is 363 g/mol. The number of likely N-dealkylation sites (N-methyl/N-ethyl adjacent to an activating group) is 1. The number of imidazole rings is 1. The molecular weight excluding hydrogens is 342 g/mol. The molecule has 2 aliphatic rings. The smallest absolute Gasteiger partial charge is 0.269 e. The van der Waals surface area contributed by atoms with Crippen LogP contribution in [0.3, 0.4) is 0 Å². The number of hydrazone groups is 1. The van der Waals surface area contributed by atoms with E-state index in [0.717, 1.165) is 37.1 Å². The van der Waals surface area contributed by atoms with Gasteiger partial charge < -0.3 is 5.32 Å². The SMILES string of the molecule is CC1=NN(C)C/C=C\C(=Nc2nc(NC3CC3)c3ncc(C#N)n3n2)CC1. The Morgan fingerprint density at radius 3 is 2.96 bits per heavy atom. The molecule has 0 spiro atoms. The predicted molar refractivity (Wildman–Crippen MR) is 103 cm³/mol. The summed E-state index contributed by atoms with van der Waals surface area (Å²) in [6, 6.07) is 2.52. The number of anilines is 1. The highest BCUT2D eigenvalue weighted by atomic mass is 15.4. The van der Waals surface area contributed by atoms with Gasteiger partial charge in [-0.05, 0) is 38.7 Å². The second kappa shape index (κ2) is 7.15. The van der Waals surface area contributed by atoms with Gasteiger partial charge in [0.25, 0.3) is 5.95 Å². The van der Waals surface area contributed by atoms with Crippen LogP contribution in [0.2, 0.25) is 0 Å². The highest BCUT2D eigenvalue weighted by Crippen LogP contribution is 2.27. The number of nitriles is 1. The molecule has 2 aromatic heterocycles. The largest absolute Gasteiger partial charge is 0.364 e. The molecule has 1 aliphatic heterocycles. The summed E-state index contributed by atoms with van der Waals surface area (Å²) in [4.78, 5) is 13.5. The molecule has 9 nitrogen and oxygen atoms in total. The van der Waals surface area contributed by atoms with Crippen molar-refractivity contribution in [3.8, 4) is 6.07 Å². The van der Waals surface area contributed by atoms with Crippen LogP contribution in [-0.2, 0) is 0 Å². The lowest BCUT2D eigenvalue weighted by atomic mass is 10.1. The summed E-state index contributed by atoms with van der Waals surface area (Å²) in [5.74, 6) is 0.944. The topological polar surface area (TPSA) is 107 Å². The number of fused-ring (bicyclic) bond motifs is 1. The molecule has 0 unspecified atom stereocenters. The molecule has 1 aliphatic carbocycles. The van der Waals surface area contributed by atoms with Gasteiger partial charge in [-0.25, -0.2) is 9.98 Å². The van der Waals surface area contributed by atoms with E-state index in [-0.39, 0.29) is 0 Å². The van der Waals surface area contributed by atoms with E-state index in [1.54, 1.807) is 0 Å². The normalized spacial score (nSPS) is 20.6. The molecule has 0 saturated heterocycles. The molecule has 0 atom stereocenters. The van der Waals surface area contributed by atoms with Crippen molar-refractivity contribution in [3.63, 3.8) is 0 Å². The summed E-state index contributed by atoms with van der Waals surface area (Å²) in [5.41, 5.74) is 2.86. The zero-order valence-corrected chi connectivity index (χ0v) is 15.4. The number of nitrogens with zero attached hydrogens (tertiary/aromatic N) is 8. The van der Waals surface area contributed by atoms with E-state index in [4.69, 9.17) is 0 Å². The molecule has 3 heterocycles. The first-order valence-corrected chi connectivity index (χ1v) is 9.04. The first-order valence-electron chi connectivity index (χ1n) is 9.04. The van der Waals surface area contributed by atoms with E-state index in [0.29, 0.717) is 35.7 Å². The lowest BCUT2D eigenvalue weighted by Gasteiger charge is -2.10. The monoisotopic (exact) mass is 363 g/mol. The summed E-state index contributed by atoms with van der Waals surface area (Å²) in [5, 5.41) is 23.5. The van der Waals surface area contributed by atoms with Crippen molar-refractivity contribution in [3.05, 3.63) is 24.0 Å². The van der Waals surface area contributed by atoms with Gasteiger partial charge in [0.05, 0.1) is 12.7 Å². The van der Waals surface area contributed by atoms with Crippen molar-refractivity contribution in [2.75, 3.05) is 18.9 Å². The number of aromatic nitrogens is 4. The average Bonchev–Trinajstić information content (AvgIpc) is 3.34. The van der Waals surface area contributed by atoms with E-state index < -0.39 is 0 Å². The van der Waals surface area contributed by atoms with Gasteiger partial charge in [0.1, 0.15) is 6.07 Å². The van der Waals surface area contributed by atoms with Gasteiger partial charge in [-0.1, -0.05) is 6.08 Å². The zero-order valence-electron chi connectivity index (χ0n) is 15.4. The fourth-order valence-electron chi connectivity index (χ4n) is 2.85. The third-order valence-electron chi connectivity index (χ3n) is 4.39. The Morgan fingerprint density at radius 1 is 1.33 bits per heavy atom. The molecule has 1 fully saturated rings. The molecule has 2 aromatic rings. The minimum atomic E-state index is 0.321. The fraction of sp³-hybridized carbons (Fsp3) is 0.444. The third-order valence-corrected chi connectivity index (χ3v) is 4.39. The van der Waals surface area contributed by atoms with Gasteiger partial charge in [0.2, 0.25) is 0 Å². The lowest BCUT2D eigenvalue weighted by molar-refractivity contribution is 0.394. The molecule has 0 bridgehead atoms. The van der Waals surface area contributed by atoms with Gasteiger partial charge in [-0.3, -0.25) is 5.01 Å². The van der Waals surface area contributed by atoms with Crippen LogP contribution in [0.15, 0.2) is 28.4 Å². The minimum absolute atomic E-state index is 0.321. The highest BCUT2D eigenvalue weighted by Gasteiger charge is 2.24. The highest BCUT2D eigenvalue weighted by molar-refractivity contribution is 5.99. The predicted octanol–water partition coefficient (Wildman–Crippen LogP) is 2.30. The van der Waals surface area contributed by atoms with Crippen molar-refractivity contribution < 1.29 is 0 Å². The molecular formula is C18H21N9. The molecule has 27 heavy (non-hydrogen) atoms. The number of hydrogen-bond acceptors (Lipinski definition) is 8. The van der Waals surface area contributed by atoms with Crippen LogP contribution >= 0.6 is 0 Å². The van der Waals surface area contributed by atoms with E-state index >= 15 is 0 Å². The van der Waals surface area contributed by atoms with E-state index in [1.165, 1.54) is 10.7 Å². The standard InChI is InChI=1S/C18H21N9/c1-12-5-6-13(4-3-9-26(2)24-12)22-18-23-16(21-14-7-8-14)17-20-11-15(10-19)27(17)25-18/h3-4,11,14H,5-9H2,1-2H3,(H,21,23,25)/b4-3-,22-13?,24-12?. The summed E-state index contributed by atoms with van der Waals surface area (Å²) in [6.07, 6.45) is 9.32. The van der Waals surface area contributed by atoms with Gasteiger partial charge in [-0.2, -0.15) is 19.9 Å². The summed E-state index contributed by atoms with van der Waals surface area (Å²) in [6.45, 7) is 2.73. The quantitative estimate of drug-likeness (QED) is 0.897. The van der Waals surface area contributed by atoms with Gasteiger partial charge in [-0.15, -0.1) is 5.10 Å². The molecule has 1 N–H and O–H groups in total. The Kier molecular flexibility index (Phi) is 4.54. The van der Waals surface area contributed by atoms with Crippen LogP contribution in [0, 0.1) is 11.3 Å². The van der Waals surface area contributed by atoms with E-state index in [1.807, 2.05) is 31.1 Å². The van der Waals surface area contributed by atoms with E-state index in [2.05, 4.69) is 36.5 Å². The second-order valence-electron chi connectivity index (χ2n) is 6.85. The van der Waals surface area contributed by atoms with Crippen LogP contribution in [0.1, 0.15) is 38.3 Å². The van der Waals surface area contributed by atoms with Crippen LogP contribution in [0.25, 0.3) is 5.65 Å². The molecule has 0 radical (unpaired) electrons. The molecule has 138 valence electrons. The number of allylic oxidation sites excluding steroid dienone is 1.